The lowest BCUT2D eigenvalue weighted by Crippen LogP contribution is -2.44. The molecular weight excluding hydrogens is 296 g/mol. The van der Waals surface area contributed by atoms with Gasteiger partial charge in [-0.05, 0) is 18.2 Å². The van der Waals surface area contributed by atoms with Crippen molar-refractivity contribution < 1.29 is 24.1 Å². The standard InChI is InChI=1S/C15H17ClO5/c16-10-1-2-12(14(17)18)13(7-10)21-11-3-5-20-15(8-11)4-6-19-9-15/h1-2,7,11H,3-6,8-9H2,(H,17,18). The molecule has 0 amide bonds. The molecule has 0 aliphatic carbocycles. The number of carboxylic acid groups (broad SMARTS) is 1. The molecule has 0 radical (unpaired) electrons. The highest BCUT2D eigenvalue weighted by molar-refractivity contribution is 6.30. The largest absolute Gasteiger partial charge is 0.489 e. The van der Waals surface area contributed by atoms with Crippen LogP contribution in [0, 0.1) is 0 Å². The molecular formula is C15H17ClO5. The maximum absolute atomic E-state index is 11.3. The number of ether oxygens (including phenoxy) is 3. The Morgan fingerprint density at radius 2 is 2.29 bits per heavy atom. The summed E-state index contributed by atoms with van der Waals surface area (Å²) in [7, 11) is 0. The Kier molecular flexibility index (Phi) is 4.06. The Bertz CT molecular complexity index is 539. The molecule has 6 heteroatoms. The predicted octanol–water partition coefficient (Wildman–Crippen LogP) is 2.76. The fourth-order valence-electron chi connectivity index (χ4n) is 2.90. The lowest BCUT2D eigenvalue weighted by Gasteiger charge is -2.37. The van der Waals surface area contributed by atoms with Gasteiger partial charge in [0.2, 0.25) is 0 Å². The normalized spacial score (nSPS) is 28.7. The lowest BCUT2D eigenvalue weighted by atomic mass is 9.91. The number of hydrogen-bond acceptors (Lipinski definition) is 4. The second kappa shape index (κ2) is 5.83. The Balaban J connectivity index is 1.77. The van der Waals surface area contributed by atoms with Crippen LogP contribution in [0.1, 0.15) is 29.6 Å². The minimum atomic E-state index is -1.02. The molecule has 1 aromatic carbocycles. The summed E-state index contributed by atoms with van der Waals surface area (Å²) in [5, 5.41) is 9.68. The maximum Gasteiger partial charge on any atom is 0.339 e. The van der Waals surface area contributed by atoms with Crippen LogP contribution in [-0.4, -0.2) is 42.6 Å². The van der Waals surface area contributed by atoms with E-state index in [4.69, 9.17) is 25.8 Å². The van der Waals surface area contributed by atoms with E-state index in [1.165, 1.54) is 6.07 Å². The Morgan fingerprint density at radius 1 is 1.43 bits per heavy atom. The molecule has 1 aromatic rings. The van der Waals surface area contributed by atoms with Crippen molar-refractivity contribution in [3.8, 4) is 5.75 Å². The summed E-state index contributed by atoms with van der Waals surface area (Å²) in [6.07, 6.45) is 2.21. The Morgan fingerprint density at radius 3 is 3.00 bits per heavy atom. The van der Waals surface area contributed by atoms with E-state index >= 15 is 0 Å². The average molecular weight is 313 g/mol. The van der Waals surface area contributed by atoms with Gasteiger partial charge >= 0.3 is 5.97 Å². The lowest BCUT2D eigenvalue weighted by molar-refractivity contribution is -0.112. The van der Waals surface area contributed by atoms with Crippen LogP contribution in [0.4, 0.5) is 0 Å². The first-order chi connectivity index (χ1) is 10.1. The smallest absolute Gasteiger partial charge is 0.339 e. The number of carbonyl (C=O) groups is 1. The van der Waals surface area contributed by atoms with Crippen molar-refractivity contribution in [3.63, 3.8) is 0 Å². The quantitative estimate of drug-likeness (QED) is 0.929. The minimum Gasteiger partial charge on any atom is -0.489 e. The van der Waals surface area contributed by atoms with Crippen molar-refractivity contribution in [1.29, 1.82) is 0 Å². The first kappa shape index (κ1) is 14.6. The van der Waals surface area contributed by atoms with Crippen molar-refractivity contribution in [2.24, 2.45) is 0 Å². The van der Waals surface area contributed by atoms with Crippen LogP contribution < -0.4 is 4.74 Å². The van der Waals surface area contributed by atoms with Gasteiger partial charge in [0.15, 0.2) is 0 Å². The predicted molar refractivity (Wildman–Crippen MR) is 76.2 cm³/mol. The number of carboxylic acids is 1. The van der Waals surface area contributed by atoms with Gasteiger partial charge in [-0.1, -0.05) is 11.6 Å². The molecule has 2 fully saturated rings. The van der Waals surface area contributed by atoms with Crippen molar-refractivity contribution in [3.05, 3.63) is 28.8 Å². The topological polar surface area (TPSA) is 65.0 Å². The van der Waals surface area contributed by atoms with Gasteiger partial charge in [-0.3, -0.25) is 0 Å². The van der Waals surface area contributed by atoms with Crippen LogP contribution in [0.25, 0.3) is 0 Å². The van der Waals surface area contributed by atoms with E-state index in [2.05, 4.69) is 0 Å². The van der Waals surface area contributed by atoms with E-state index in [1.54, 1.807) is 12.1 Å². The first-order valence-electron chi connectivity index (χ1n) is 6.99. The zero-order valence-corrected chi connectivity index (χ0v) is 12.3. The van der Waals surface area contributed by atoms with E-state index < -0.39 is 5.97 Å². The van der Waals surface area contributed by atoms with Crippen LogP contribution >= 0.6 is 11.6 Å². The van der Waals surface area contributed by atoms with E-state index in [1.807, 2.05) is 0 Å². The second-order valence-electron chi connectivity index (χ2n) is 5.51. The van der Waals surface area contributed by atoms with Gasteiger partial charge in [0.25, 0.3) is 0 Å². The van der Waals surface area contributed by atoms with Crippen LogP contribution in [-0.2, 0) is 9.47 Å². The molecule has 1 N–H and O–H groups in total. The zero-order valence-electron chi connectivity index (χ0n) is 11.5. The molecule has 2 aliphatic rings. The summed E-state index contributed by atoms with van der Waals surface area (Å²) in [4.78, 5) is 11.3. The van der Waals surface area contributed by atoms with E-state index in [-0.39, 0.29) is 17.3 Å². The van der Waals surface area contributed by atoms with Crippen molar-refractivity contribution in [2.75, 3.05) is 19.8 Å². The maximum atomic E-state index is 11.3. The number of aromatic carboxylic acids is 1. The number of halogens is 1. The molecule has 2 unspecified atom stereocenters. The molecule has 0 saturated carbocycles. The highest BCUT2D eigenvalue weighted by Crippen LogP contribution is 2.35. The van der Waals surface area contributed by atoms with Crippen LogP contribution in [0.2, 0.25) is 5.02 Å². The summed E-state index contributed by atoms with van der Waals surface area (Å²) in [6.45, 7) is 1.87. The molecule has 2 aliphatic heterocycles. The van der Waals surface area contributed by atoms with E-state index in [0.717, 1.165) is 12.8 Å². The SMILES string of the molecule is O=C(O)c1ccc(Cl)cc1OC1CCOC2(CCOC2)C1. The number of benzene rings is 1. The van der Waals surface area contributed by atoms with E-state index in [9.17, 15) is 9.90 Å². The number of hydrogen-bond donors (Lipinski definition) is 1. The third-order valence-corrected chi connectivity index (χ3v) is 4.22. The van der Waals surface area contributed by atoms with Crippen molar-refractivity contribution >= 4 is 17.6 Å². The molecule has 0 bridgehead atoms. The zero-order chi connectivity index (χ0) is 14.9. The van der Waals surface area contributed by atoms with Gasteiger partial charge in [0, 0.05) is 30.9 Å². The van der Waals surface area contributed by atoms with Gasteiger partial charge in [-0.25, -0.2) is 4.79 Å². The van der Waals surface area contributed by atoms with Crippen LogP contribution in [0.15, 0.2) is 18.2 Å². The Labute approximate surface area is 127 Å². The Hall–Kier alpha value is -1.30. The highest BCUT2D eigenvalue weighted by Gasteiger charge is 2.42. The molecule has 2 heterocycles. The number of rotatable bonds is 3. The fraction of sp³-hybridized carbons (Fsp3) is 0.533. The van der Waals surface area contributed by atoms with E-state index in [0.29, 0.717) is 37.0 Å². The summed E-state index contributed by atoms with van der Waals surface area (Å²) in [6, 6.07) is 4.57. The van der Waals surface area contributed by atoms with Crippen molar-refractivity contribution in [1.82, 2.24) is 0 Å². The third kappa shape index (κ3) is 3.15. The summed E-state index contributed by atoms with van der Waals surface area (Å²) >= 11 is 5.94. The second-order valence-corrected chi connectivity index (χ2v) is 5.95. The summed E-state index contributed by atoms with van der Waals surface area (Å²) in [5.74, 6) is -0.705. The summed E-state index contributed by atoms with van der Waals surface area (Å²) < 4.78 is 17.2. The van der Waals surface area contributed by atoms with Gasteiger partial charge in [-0.15, -0.1) is 0 Å². The third-order valence-electron chi connectivity index (χ3n) is 3.98. The molecule has 5 nitrogen and oxygen atoms in total. The first-order valence-corrected chi connectivity index (χ1v) is 7.37. The molecule has 2 atom stereocenters. The van der Waals surface area contributed by atoms with Crippen molar-refractivity contribution in [2.45, 2.75) is 31.0 Å². The fourth-order valence-corrected chi connectivity index (χ4v) is 3.06. The van der Waals surface area contributed by atoms with Gasteiger partial charge in [0.1, 0.15) is 17.4 Å². The minimum absolute atomic E-state index is 0.0861. The monoisotopic (exact) mass is 312 g/mol. The van der Waals surface area contributed by atoms with Gasteiger partial charge in [0.05, 0.1) is 18.8 Å². The molecule has 3 rings (SSSR count). The highest BCUT2D eigenvalue weighted by atomic mass is 35.5. The van der Waals surface area contributed by atoms with Gasteiger partial charge in [-0.2, -0.15) is 0 Å². The van der Waals surface area contributed by atoms with Crippen LogP contribution in [0.3, 0.4) is 0 Å². The molecule has 114 valence electrons. The average Bonchev–Trinajstić information content (AvgIpc) is 2.86. The molecule has 2 saturated heterocycles. The molecule has 1 spiro atoms. The molecule has 21 heavy (non-hydrogen) atoms. The summed E-state index contributed by atoms with van der Waals surface area (Å²) in [5.41, 5.74) is -0.146. The van der Waals surface area contributed by atoms with Gasteiger partial charge < -0.3 is 19.3 Å². The molecule has 0 aromatic heterocycles. The van der Waals surface area contributed by atoms with Crippen LogP contribution in [0.5, 0.6) is 5.75 Å².